The number of hydrogen-bond donors (Lipinski definition) is 2. The quantitative estimate of drug-likeness (QED) is 0.755. The Hall–Kier alpha value is -0.620. The topological polar surface area (TPSA) is 75.3 Å². The molecule has 0 bridgehead atoms. The number of carbonyl (C=O) groups is 1. The third-order valence-corrected chi connectivity index (χ3v) is 5.17. The van der Waals surface area contributed by atoms with Gasteiger partial charge in [-0.1, -0.05) is 13.8 Å². The predicted molar refractivity (Wildman–Crippen MR) is 76.7 cm³/mol. The summed E-state index contributed by atoms with van der Waals surface area (Å²) in [4.78, 5) is 11.8. The summed E-state index contributed by atoms with van der Waals surface area (Å²) in [5.41, 5.74) is 0. The number of hydrogen-bond acceptors (Lipinski definition) is 4. The van der Waals surface area contributed by atoms with Crippen molar-refractivity contribution in [1.82, 2.24) is 10.6 Å². The van der Waals surface area contributed by atoms with Gasteiger partial charge < -0.3 is 10.6 Å². The van der Waals surface area contributed by atoms with Gasteiger partial charge in [0.05, 0.1) is 17.5 Å². The molecule has 1 saturated heterocycles. The van der Waals surface area contributed by atoms with Crippen molar-refractivity contribution in [3.05, 3.63) is 0 Å². The fraction of sp³-hybridized carbons (Fsp3) is 0.923. The molecule has 1 unspecified atom stereocenters. The Bertz CT molecular complexity index is 379. The van der Waals surface area contributed by atoms with Gasteiger partial charge in [0.2, 0.25) is 5.91 Å². The van der Waals surface area contributed by atoms with Gasteiger partial charge in [-0.05, 0) is 32.1 Å². The summed E-state index contributed by atoms with van der Waals surface area (Å²) in [6.07, 6.45) is 2.18. The van der Waals surface area contributed by atoms with Crippen LogP contribution in [0.5, 0.6) is 0 Å². The Balaban J connectivity index is 2.27. The molecule has 0 aliphatic carbocycles. The monoisotopic (exact) mass is 290 g/mol. The Labute approximate surface area is 116 Å². The molecular formula is C13H26N2O3S. The van der Waals surface area contributed by atoms with Gasteiger partial charge in [0.15, 0.2) is 0 Å². The van der Waals surface area contributed by atoms with E-state index in [9.17, 15) is 13.2 Å². The van der Waals surface area contributed by atoms with E-state index in [-0.39, 0.29) is 29.5 Å². The zero-order valence-electron chi connectivity index (χ0n) is 12.1. The van der Waals surface area contributed by atoms with E-state index in [1.807, 2.05) is 6.92 Å². The molecule has 0 saturated carbocycles. The third-order valence-electron chi connectivity index (χ3n) is 3.45. The molecule has 1 atom stereocenters. The second kappa shape index (κ2) is 7.24. The van der Waals surface area contributed by atoms with Crippen LogP contribution in [0, 0.1) is 5.92 Å². The second-order valence-corrected chi connectivity index (χ2v) is 8.09. The maximum atomic E-state index is 11.8. The number of nitrogens with one attached hydrogen (secondary N) is 2. The number of amides is 1. The summed E-state index contributed by atoms with van der Waals surface area (Å²) in [6, 6.07) is -0.132. The summed E-state index contributed by atoms with van der Waals surface area (Å²) < 4.78 is 22.6. The van der Waals surface area contributed by atoms with E-state index in [1.54, 1.807) is 0 Å². The average Bonchev–Trinajstić information content (AvgIpc) is 2.31. The van der Waals surface area contributed by atoms with Crippen molar-refractivity contribution in [1.29, 1.82) is 0 Å². The molecule has 19 heavy (non-hydrogen) atoms. The lowest BCUT2D eigenvalue weighted by atomic mass is 10.1. The highest BCUT2D eigenvalue weighted by molar-refractivity contribution is 7.91. The van der Waals surface area contributed by atoms with Crippen LogP contribution in [-0.4, -0.2) is 44.5 Å². The van der Waals surface area contributed by atoms with E-state index >= 15 is 0 Å². The van der Waals surface area contributed by atoms with Gasteiger partial charge in [0.25, 0.3) is 0 Å². The number of sulfone groups is 1. The van der Waals surface area contributed by atoms with Crippen molar-refractivity contribution in [2.75, 3.05) is 18.1 Å². The number of carbonyl (C=O) groups excluding carboxylic acids is 1. The SMILES string of the molecule is CC(C)CCNC(=O)C(C)NC1CCS(=O)(=O)CC1. The summed E-state index contributed by atoms with van der Waals surface area (Å²) in [5, 5.41) is 6.12. The fourth-order valence-electron chi connectivity index (χ4n) is 2.12. The van der Waals surface area contributed by atoms with Crippen molar-refractivity contribution in [2.24, 2.45) is 5.92 Å². The second-order valence-electron chi connectivity index (χ2n) is 5.79. The zero-order valence-corrected chi connectivity index (χ0v) is 12.9. The van der Waals surface area contributed by atoms with Crippen molar-refractivity contribution >= 4 is 15.7 Å². The van der Waals surface area contributed by atoms with Crippen LogP contribution in [0.25, 0.3) is 0 Å². The van der Waals surface area contributed by atoms with E-state index in [1.165, 1.54) is 0 Å². The molecule has 1 heterocycles. The minimum Gasteiger partial charge on any atom is -0.355 e. The lowest BCUT2D eigenvalue weighted by Crippen LogP contribution is -2.49. The molecule has 1 amide bonds. The Morgan fingerprint density at radius 2 is 1.79 bits per heavy atom. The molecule has 1 aliphatic heterocycles. The van der Waals surface area contributed by atoms with Crippen LogP contribution in [0.15, 0.2) is 0 Å². The first-order valence-corrected chi connectivity index (χ1v) is 8.86. The molecule has 0 aromatic rings. The third kappa shape index (κ3) is 6.38. The van der Waals surface area contributed by atoms with Crippen LogP contribution in [0.2, 0.25) is 0 Å². The molecule has 0 radical (unpaired) electrons. The molecular weight excluding hydrogens is 264 g/mol. The van der Waals surface area contributed by atoms with Gasteiger partial charge in [-0.3, -0.25) is 4.79 Å². The summed E-state index contributed by atoms with van der Waals surface area (Å²) in [6.45, 7) is 6.77. The van der Waals surface area contributed by atoms with Crippen molar-refractivity contribution < 1.29 is 13.2 Å². The van der Waals surface area contributed by atoms with Crippen LogP contribution < -0.4 is 10.6 Å². The van der Waals surface area contributed by atoms with Crippen molar-refractivity contribution in [3.8, 4) is 0 Å². The molecule has 0 aromatic carbocycles. The minimum absolute atomic E-state index is 0.00548. The van der Waals surface area contributed by atoms with Gasteiger partial charge >= 0.3 is 0 Å². The van der Waals surface area contributed by atoms with Crippen LogP contribution in [-0.2, 0) is 14.6 Å². The Morgan fingerprint density at radius 3 is 2.32 bits per heavy atom. The Morgan fingerprint density at radius 1 is 1.21 bits per heavy atom. The lowest BCUT2D eigenvalue weighted by molar-refractivity contribution is -0.123. The van der Waals surface area contributed by atoms with E-state index in [0.29, 0.717) is 25.3 Å². The van der Waals surface area contributed by atoms with Crippen molar-refractivity contribution in [3.63, 3.8) is 0 Å². The Kier molecular flexibility index (Phi) is 6.26. The number of rotatable bonds is 6. The molecule has 0 spiro atoms. The van der Waals surface area contributed by atoms with E-state index < -0.39 is 9.84 Å². The van der Waals surface area contributed by atoms with E-state index in [2.05, 4.69) is 24.5 Å². The highest BCUT2D eigenvalue weighted by Crippen LogP contribution is 2.12. The molecule has 112 valence electrons. The van der Waals surface area contributed by atoms with Crippen LogP contribution in [0.1, 0.15) is 40.0 Å². The van der Waals surface area contributed by atoms with Crippen LogP contribution in [0.3, 0.4) is 0 Å². The largest absolute Gasteiger partial charge is 0.355 e. The minimum atomic E-state index is -2.84. The molecule has 6 heteroatoms. The molecule has 1 fully saturated rings. The lowest BCUT2D eigenvalue weighted by Gasteiger charge is -2.26. The average molecular weight is 290 g/mol. The predicted octanol–water partition coefficient (Wildman–Crippen LogP) is 0.704. The first kappa shape index (κ1) is 16.4. The molecule has 1 aliphatic rings. The maximum Gasteiger partial charge on any atom is 0.236 e. The van der Waals surface area contributed by atoms with E-state index in [4.69, 9.17) is 0 Å². The molecule has 1 rings (SSSR count). The van der Waals surface area contributed by atoms with Gasteiger partial charge in [-0.15, -0.1) is 0 Å². The molecule has 5 nitrogen and oxygen atoms in total. The maximum absolute atomic E-state index is 11.8. The zero-order chi connectivity index (χ0) is 14.5. The fourth-order valence-corrected chi connectivity index (χ4v) is 3.61. The van der Waals surface area contributed by atoms with Crippen molar-refractivity contribution in [2.45, 2.75) is 52.1 Å². The van der Waals surface area contributed by atoms with Gasteiger partial charge in [0, 0.05) is 12.6 Å². The highest BCUT2D eigenvalue weighted by atomic mass is 32.2. The summed E-state index contributed by atoms with van der Waals surface area (Å²) >= 11 is 0. The normalized spacial score (nSPS) is 21.3. The first-order chi connectivity index (χ1) is 8.80. The summed E-state index contributed by atoms with van der Waals surface area (Å²) in [7, 11) is -2.84. The van der Waals surface area contributed by atoms with Gasteiger partial charge in [-0.2, -0.15) is 0 Å². The molecule has 0 aromatic heterocycles. The standard InChI is InChI=1S/C13H26N2O3S/c1-10(2)4-7-14-13(16)11(3)15-12-5-8-19(17,18)9-6-12/h10-12,15H,4-9H2,1-3H3,(H,14,16). The highest BCUT2D eigenvalue weighted by Gasteiger charge is 2.25. The molecule has 2 N–H and O–H groups in total. The smallest absolute Gasteiger partial charge is 0.236 e. The first-order valence-electron chi connectivity index (χ1n) is 7.04. The van der Waals surface area contributed by atoms with Crippen LogP contribution in [0.4, 0.5) is 0 Å². The van der Waals surface area contributed by atoms with E-state index in [0.717, 1.165) is 6.42 Å². The van der Waals surface area contributed by atoms with Gasteiger partial charge in [0.1, 0.15) is 9.84 Å². The summed E-state index contributed by atoms with van der Waals surface area (Å²) in [5.74, 6) is 1.03. The van der Waals surface area contributed by atoms with Crippen LogP contribution >= 0.6 is 0 Å². The van der Waals surface area contributed by atoms with Gasteiger partial charge in [-0.25, -0.2) is 8.42 Å².